The van der Waals surface area contributed by atoms with Gasteiger partial charge in [-0.2, -0.15) is 0 Å². The monoisotopic (exact) mass is 244 g/mol. The fourth-order valence-electron chi connectivity index (χ4n) is 2.01. The number of imidazole rings is 1. The summed E-state index contributed by atoms with van der Waals surface area (Å²) in [7, 11) is 0. The lowest BCUT2D eigenvalue weighted by Gasteiger charge is -2.05. The molecule has 94 valence electrons. The number of hydrogen-bond donors (Lipinski definition) is 0. The van der Waals surface area contributed by atoms with Gasteiger partial charge >= 0.3 is 5.69 Å². The van der Waals surface area contributed by atoms with Gasteiger partial charge in [0.1, 0.15) is 12.4 Å². The van der Waals surface area contributed by atoms with Gasteiger partial charge in [-0.25, -0.2) is 4.79 Å². The maximum absolute atomic E-state index is 12.0. The highest BCUT2D eigenvalue weighted by molar-refractivity contribution is 5.20. The summed E-state index contributed by atoms with van der Waals surface area (Å²) in [5.41, 5.74) is 0.0779. The Labute approximate surface area is 105 Å². The fourth-order valence-corrected chi connectivity index (χ4v) is 2.01. The van der Waals surface area contributed by atoms with Crippen LogP contribution in [0.4, 0.5) is 0 Å². The molecule has 0 radical (unpaired) electrons. The Morgan fingerprint density at radius 3 is 2.67 bits per heavy atom. The molecule has 0 bridgehead atoms. The van der Waals surface area contributed by atoms with E-state index in [2.05, 4.69) is 0 Å². The minimum absolute atomic E-state index is 0.0779. The Hall–Kier alpha value is -1.97. The van der Waals surface area contributed by atoms with Crippen molar-refractivity contribution in [2.24, 2.45) is 0 Å². The van der Waals surface area contributed by atoms with E-state index < -0.39 is 0 Å². The SMILES string of the molecule is O=c1n(CCOc2ccccc2)ccn1C1CC1. The standard InChI is InChI=1S/C14H16N2O2/c17-14-15(8-9-16(14)12-6-7-12)10-11-18-13-4-2-1-3-5-13/h1-5,8-9,12H,6-7,10-11H2. The summed E-state index contributed by atoms with van der Waals surface area (Å²) in [5, 5.41) is 0. The van der Waals surface area contributed by atoms with E-state index in [1.165, 1.54) is 0 Å². The molecule has 3 rings (SSSR count). The minimum Gasteiger partial charge on any atom is -0.492 e. The normalized spacial score (nSPS) is 14.7. The van der Waals surface area contributed by atoms with Crippen LogP contribution in [0.15, 0.2) is 47.5 Å². The first kappa shape index (κ1) is 11.1. The Kier molecular flexibility index (Phi) is 2.92. The average molecular weight is 244 g/mol. The van der Waals surface area contributed by atoms with Gasteiger partial charge in [-0.05, 0) is 25.0 Å². The molecule has 4 nitrogen and oxygen atoms in total. The molecule has 1 aromatic carbocycles. The average Bonchev–Trinajstić information content (AvgIpc) is 3.17. The summed E-state index contributed by atoms with van der Waals surface area (Å²) in [6.45, 7) is 1.10. The molecule has 1 aromatic heterocycles. The van der Waals surface area contributed by atoms with Gasteiger partial charge in [0.25, 0.3) is 0 Å². The van der Waals surface area contributed by atoms with Crippen molar-refractivity contribution in [2.75, 3.05) is 6.61 Å². The molecule has 1 saturated carbocycles. The van der Waals surface area contributed by atoms with E-state index in [-0.39, 0.29) is 5.69 Å². The molecular weight excluding hydrogens is 228 g/mol. The Morgan fingerprint density at radius 1 is 1.17 bits per heavy atom. The molecule has 4 heteroatoms. The summed E-state index contributed by atoms with van der Waals surface area (Å²) in [4.78, 5) is 12.0. The number of benzene rings is 1. The maximum Gasteiger partial charge on any atom is 0.328 e. The largest absolute Gasteiger partial charge is 0.492 e. The topological polar surface area (TPSA) is 36.2 Å². The number of rotatable bonds is 5. The third kappa shape index (κ3) is 2.32. The molecule has 1 aliphatic carbocycles. The van der Waals surface area contributed by atoms with Crippen LogP contribution in [0.3, 0.4) is 0 Å². The van der Waals surface area contributed by atoms with Gasteiger partial charge in [-0.15, -0.1) is 0 Å². The van der Waals surface area contributed by atoms with Crippen molar-refractivity contribution >= 4 is 0 Å². The lowest BCUT2D eigenvalue weighted by molar-refractivity contribution is 0.296. The first-order valence-corrected chi connectivity index (χ1v) is 6.30. The van der Waals surface area contributed by atoms with Gasteiger partial charge < -0.3 is 4.74 Å². The van der Waals surface area contributed by atoms with Crippen LogP contribution in [0.1, 0.15) is 18.9 Å². The van der Waals surface area contributed by atoms with Crippen LogP contribution < -0.4 is 10.4 Å². The highest BCUT2D eigenvalue weighted by Crippen LogP contribution is 2.33. The number of nitrogens with zero attached hydrogens (tertiary/aromatic N) is 2. The molecule has 1 fully saturated rings. The Balaban J connectivity index is 1.59. The molecule has 0 aliphatic heterocycles. The lowest BCUT2D eigenvalue weighted by atomic mass is 10.3. The molecule has 0 atom stereocenters. The van der Waals surface area contributed by atoms with Crippen molar-refractivity contribution in [3.8, 4) is 5.75 Å². The van der Waals surface area contributed by atoms with Crippen molar-refractivity contribution in [2.45, 2.75) is 25.4 Å². The predicted octanol–water partition coefficient (Wildman–Crippen LogP) is 2.06. The van der Waals surface area contributed by atoms with Crippen molar-refractivity contribution in [1.29, 1.82) is 0 Å². The number of para-hydroxylation sites is 1. The molecular formula is C14H16N2O2. The zero-order valence-electron chi connectivity index (χ0n) is 10.2. The van der Waals surface area contributed by atoms with E-state index >= 15 is 0 Å². The van der Waals surface area contributed by atoms with Gasteiger partial charge in [0, 0.05) is 18.4 Å². The molecule has 0 spiro atoms. The third-order valence-electron chi connectivity index (χ3n) is 3.16. The van der Waals surface area contributed by atoms with Gasteiger partial charge in [0.05, 0.1) is 6.54 Å². The van der Waals surface area contributed by atoms with Gasteiger partial charge in [0.15, 0.2) is 0 Å². The highest BCUT2D eigenvalue weighted by Gasteiger charge is 2.25. The van der Waals surface area contributed by atoms with Crippen LogP contribution in [0.25, 0.3) is 0 Å². The van der Waals surface area contributed by atoms with Crippen LogP contribution in [0.2, 0.25) is 0 Å². The van der Waals surface area contributed by atoms with E-state index in [1.54, 1.807) is 4.57 Å². The van der Waals surface area contributed by atoms with E-state index in [4.69, 9.17) is 4.74 Å². The molecule has 1 heterocycles. The maximum atomic E-state index is 12.0. The quantitative estimate of drug-likeness (QED) is 0.807. The summed E-state index contributed by atoms with van der Waals surface area (Å²) >= 11 is 0. The zero-order chi connectivity index (χ0) is 12.4. The molecule has 0 N–H and O–H groups in total. The first-order valence-electron chi connectivity index (χ1n) is 6.30. The van der Waals surface area contributed by atoms with E-state index in [9.17, 15) is 4.79 Å². The van der Waals surface area contributed by atoms with Crippen LogP contribution in [0, 0.1) is 0 Å². The Morgan fingerprint density at radius 2 is 1.94 bits per heavy atom. The predicted molar refractivity (Wildman–Crippen MR) is 68.9 cm³/mol. The van der Waals surface area contributed by atoms with Crippen molar-refractivity contribution < 1.29 is 4.74 Å². The summed E-state index contributed by atoms with van der Waals surface area (Å²) in [6, 6.07) is 10.1. The van der Waals surface area contributed by atoms with E-state index in [1.807, 2.05) is 47.3 Å². The molecule has 18 heavy (non-hydrogen) atoms. The van der Waals surface area contributed by atoms with Crippen molar-refractivity contribution in [3.63, 3.8) is 0 Å². The highest BCUT2D eigenvalue weighted by atomic mass is 16.5. The molecule has 0 saturated heterocycles. The second-order valence-corrected chi connectivity index (χ2v) is 4.57. The van der Waals surface area contributed by atoms with Crippen LogP contribution in [-0.4, -0.2) is 15.7 Å². The summed E-state index contributed by atoms with van der Waals surface area (Å²) in [6.07, 6.45) is 5.98. The minimum atomic E-state index is 0.0779. The fraction of sp³-hybridized carbons (Fsp3) is 0.357. The molecule has 1 aliphatic rings. The molecule has 0 amide bonds. The molecule has 0 unspecified atom stereocenters. The number of aromatic nitrogens is 2. The van der Waals surface area contributed by atoms with Gasteiger partial charge in [-0.3, -0.25) is 9.13 Å². The third-order valence-corrected chi connectivity index (χ3v) is 3.16. The van der Waals surface area contributed by atoms with Crippen LogP contribution in [-0.2, 0) is 6.54 Å². The smallest absolute Gasteiger partial charge is 0.328 e. The molecule has 2 aromatic rings. The lowest BCUT2D eigenvalue weighted by Crippen LogP contribution is -2.25. The Bertz CT molecular complexity index is 567. The van der Waals surface area contributed by atoms with E-state index in [0.717, 1.165) is 18.6 Å². The van der Waals surface area contributed by atoms with E-state index in [0.29, 0.717) is 19.2 Å². The second-order valence-electron chi connectivity index (χ2n) is 4.57. The zero-order valence-corrected chi connectivity index (χ0v) is 10.2. The summed E-state index contributed by atoms with van der Waals surface area (Å²) < 4.78 is 9.11. The van der Waals surface area contributed by atoms with Crippen LogP contribution in [0.5, 0.6) is 5.75 Å². The van der Waals surface area contributed by atoms with Crippen molar-refractivity contribution in [3.05, 3.63) is 53.2 Å². The van der Waals surface area contributed by atoms with Gasteiger partial charge in [0.2, 0.25) is 0 Å². The van der Waals surface area contributed by atoms with Crippen molar-refractivity contribution in [1.82, 2.24) is 9.13 Å². The van der Waals surface area contributed by atoms with Crippen LogP contribution >= 0.6 is 0 Å². The second kappa shape index (κ2) is 4.72. The van der Waals surface area contributed by atoms with Gasteiger partial charge in [-0.1, -0.05) is 18.2 Å². The number of hydrogen-bond acceptors (Lipinski definition) is 2. The first-order chi connectivity index (χ1) is 8.84. The summed E-state index contributed by atoms with van der Waals surface area (Å²) in [5.74, 6) is 0.840. The number of ether oxygens (including phenoxy) is 1.